The molecule has 0 saturated heterocycles. The predicted molar refractivity (Wildman–Crippen MR) is 105 cm³/mol. The largest absolute Gasteiger partial charge is 0.322 e. The molecule has 12 heteroatoms. The molecule has 4 rings (SSSR count). The summed E-state index contributed by atoms with van der Waals surface area (Å²) in [5.74, 6) is -0.378. The summed E-state index contributed by atoms with van der Waals surface area (Å²) in [6, 6.07) is 10.2. The Morgan fingerprint density at radius 3 is 2.59 bits per heavy atom. The molecule has 3 aromatic heterocycles. The maximum absolute atomic E-state index is 12.5. The molecule has 10 nitrogen and oxygen atoms in total. The highest BCUT2D eigenvalue weighted by Crippen LogP contribution is 2.18. The second-order valence-electron chi connectivity index (χ2n) is 5.77. The van der Waals surface area contributed by atoms with Crippen molar-refractivity contribution in [1.82, 2.24) is 24.8 Å². The zero-order valence-electron chi connectivity index (χ0n) is 14.5. The number of carbonyl (C=O) groups excluding carboxylic acids is 1. The Morgan fingerprint density at radius 1 is 1.07 bits per heavy atom. The summed E-state index contributed by atoms with van der Waals surface area (Å²) in [7, 11) is -3.88. The van der Waals surface area contributed by atoms with E-state index in [1.807, 2.05) is 0 Å². The van der Waals surface area contributed by atoms with Crippen LogP contribution in [0.3, 0.4) is 0 Å². The van der Waals surface area contributed by atoms with Crippen molar-refractivity contribution in [1.29, 1.82) is 0 Å². The second kappa shape index (κ2) is 7.45. The van der Waals surface area contributed by atoms with Crippen LogP contribution in [0.5, 0.6) is 0 Å². The number of aromatic nitrogens is 5. The summed E-state index contributed by atoms with van der Waals surface area (Å²) in [6.07, 6.45) is 4.65. The van der Waals surface area contributed by atoms with Crippen LogP contribution in [-0.2, 0) is 10.0 Å². The number of anilines is 2. The first kappa shape index (κ1) is 18.8. The number of sulfonamides is 1. The van der Waals surface area contributed by atoms with Crippen molar-refractivity contribution in [2.24, 2.45) is 0 Å². The standard InChI is InChI=1S/C17H12ClN7O3S/c18-14-6-7-15(23-22-14)24-29(27,28)12-4-2-11(3-5-12)21-17(26)13-10-20-25-9-1-8-19-16(13)25/h1-10H,(H,21,26)(H,23,24). The molecule has 4 aromatic rings. The molecular weight excluding hydrogens is 418 g/mol. The van der Waals surface area contributed by atoms with E-state index in [-0.39, 0.29) is 15.9 Å². The van der Waals surface area contributed by atoms with Gasteiger partial charge in [-0.15, -0.1) is 10.2 Å². The number of halogens is 1. The number of amides is 1. The van der Waals surface area contributed by atoms with E-state index in [0.717, 1.165) is 0 Å². The molecule has 0 unspecified atom stereocenters. The van der Waals surface area contributed by atoms with E-state index in [2.05, 4.69) is 30.3 Å². The Labute approximate surface area is 169 Å². The highest BCUT2D eigenvalue weighted by Gasteiger charge is 2.17. The van der Waals surface area contributed by atoms with Gasteiger partial charge in [-0.25, -0.2) is 17.9 Å². The van der Waals surface area contributed by atoms with Gasteiger partial charge >= 0.3 is 0 Å². The minimum absolute atomic E-state index is 0.00935. The molecule has 29 heavy (non-hydrogen) atoms. The fourth-order valence-electron chi connectivity index (χ4n) is 2.47. The van der Waals surface area contributed by atoms with Crippen LogP contribution in [0.25, 0.3) is 5.65 Å². The maximum Gasteiger partial charge on any atom is 0.263 e. The zero-order valence-corrected chi connectivity index (χ0v) is 16.1. The van der Waals surface area contributed by atoms with Crippen LogP contribution in [-0.4, -0.2) is 39.1 Å². The van der Waals surface area contributed by atoms with Gasteiger partial charge in [0, 0.05) is 18.1 Å². The molecular formula is C17H12ClN7O3S. The Bertz CT molecular complexity index is 1290. The van der Waals surface area contributed by atoms with Gasteiger partial charge in [0.05, 0.1) is 11.1 Å². The number of fused-ring (bicyclic) bond motifs is 1. The van der Waals surface area contributed by atoms with Crippen LogP contribution in [0, 0.1) is 0 Å². The molecule has 0 aliphatic carbocycles. The first-order valence-corrected chi connectivity index (χ1v) is 10.0. The Morgan fingerprint density at radius 2 is 1.86 bits per heavy atom. The third kappa shape index (κ3) is 4.00. The van der Waals surface area contributed by atoms with Gasteiger partial charge in [0.25, 0.3) is 15.9 Å². The summed E-state index contributed by atoms with van der Waals surface area (Å²) in [5, 5.41) is 14.1. The van der Waals surface area contributed by atoms with Crippen LogP contribution in [0.4, 0.5) is 11.5 Å². The predicted octanol–water partition coefficient (Wildman–Crippen LogP) is 2.23. The van der Waals surface area contributed by atoms with Crippen molar-refractivity contribution in [3.8, 4) is 0 Å². The molecule has 0 aliphatic heterocycles. The summed E-state index contributed by atoms with van der Waals surface area (Å²) >= 11 is 5.63. The first-order valence-electron chi connectivity index (χ1n) is 8.14. The minimum atomic E-state index is -3.88. The van der Waals surface area contributed by atoms with Crippen molar-refractivity contribution < 1.29 is 13.2 Å². The van der Waals surface area contributed by atoms with Crippen molar-refractivity contribution in [3.05, 3.63) is 71.8 Å². The Kier molecular flexibility index (Phi) is 4.82. The molecule has 0 radical (unpaired) electrons. The maximum atomic E-state index is 12.5. The normalized spacial score (nSPS) is 11.3. The number of benzene rings is 1. The molecule has 1 aromatic carbocycles. The Balaban J connectivity index is 1.50. The Hall–Kier alpha value is -3.57. The molecule has 0 saturated carbocycles. The van der Waals surface area contributed by atoms with Gasteiger partial charge in [-0.3, -0.25) is 9.52 Å². The third-order valence-corrected chi connectivity index (χ3v) is 5.39. The van der Waals surface area contributed by atoms with Crippen molar-refractivity contribution in [2.45, 2.75) is 4.90 Å². The van der Waals surface area contributed by atoms with Gasteiger partial charge in [0.2, 0.25) is 0 Å². The molecule has 0 spiro atoms. The molecule has 146 valence electrons. The van der Waals surface area contributed by atoms with Crippen molar-refractivity contribution in [3.63, 3.8) is 0 Å². The van der Waals surface area contributed by atoms with Gasteiger partial charge < -0.3 is 5.32 Å². The highest BCUT2D eigenvalue weighted by atomic mass is 35.5. The number of hydrogen-bond acceptors (Lipinski definition) is 7. The lowest BCUT2D eigenvalue weighted by atomic mass is 10.2. The molecule has 0 fully saturated rings. The number of rotatable bonds is 5. The quantitative estimate of drug-likeness (QED) is 0.497. The topological polar surface area (TPSA) is 131 Å². The van der Waals surface area contributed by atoms with Gasteiger partial charge in [-0.2, -0.15) is 5.10 Å². The SMILES string of the molecule is O=C(Nc1ccc(S(=O)(=O)Nc2ccc(Cl)nn2)cc1)c1cnn2cccnc12. The van der Waals surface area contributed by atoms with Crippen LogP contribution in [0.15, 0.2) is 66.0 Å². The number of nitrogens with one attached hydrogen (secondary N) is 2. The minimum Gasteiger partial charge on any atom is -0.322 e. The van der Waals surface area contributed by atoms with E-state index < -0.39 is 15.9 Å². The van der Waals surface area contributed by atoms with Gasteiger partial charge in [0.1, 0.15) is 5.56 Å². The third-order valence-electron chi connectivity index (χ3n) is 3.82. The summed E-state index contributed by atoms with van der Waals surface area (Å²) in [5.41, 5.74) is 1.12. The summed E-state index contributed by atoms with van der Waals surface area (Å²) in [4.78, 5) is 16.6. The van der Waals surface area contributed by atoms with E-state index in [1.165, 1.54) is 47.1 Å². The van der Waals surface area contributed by atoms with Gasteiger partial charge in [0.15, 0.2) is 16.6 Å². The molecule has 1 amide bonds. The van der Waals surface area contributed by atoms with Gasteiger partial charge in [-0.1, -0.05) is 11.6 Å². The van der Waals surface area contributed by atoms with Crippen molar-refractivity contribution >= 4 is 44.7 Å². The van der Waals surface area contributed by atoms with E-state index >= 15 is 0 Å². The molecule has 3 heterocycles. The van der Waals surface area contributed by atoms with E-state index in [9.17, 15) is 13.2 Å². The van der Waals surface area contributed by atoms with Crippen LogP contribution in [0.2, 0.25) is 5.15 Å². The molecule has 2 N–H and O–H groups in total. The van der Waals surface area contributed by atoms with E-state index in [0.29, 0.717) is 16.9 Å². The van der Waals surface area contributed by atoms with Crippen LogP contribution >= 0.6 is 11.6 Å². The number of nitrogens with zero attached hydrogens (tertiary/aromatic N) is 5. The second-order valence-corrected chi connectivity index (χ2v) is 7.84. The zero-order chi connectivity index (χ0) is 20.4. The smallest absolute Gasteiger partial charge is 0.263 e. The van der Waals surface area contributed by atoms with Crippen molar-refractivity contribution in [2.75, 3.05) is 10.0 Å². The molecule has 0 aliphatic rings. The average molecular weight is 430 g/mol. The lowest BCUT2D eigenvalue weighted by Gasteiger charge is -2.08. The number of hydrogen-bond donors (Lipinski definition) is 2. The average Bonchev–Trinajstić information content (AvgIpc) is 3.14. The first-order chi connectivity index (χ1) is 13.9. The lowest BCUT2D eigenvalue weighted by Crippen LogP contribution is -2.15. The van der Waals surface area contributed by atoms with Crippen LogP contribution in [0.1, 0.15) is 10.4 Å². The highest BCUT2D eigenvalue weighted by molar-refractivity contribution is 7.92. The summed E-state index contributed by atoms with van der Waals surface area (Å²) < 4.78 is 28.6. The fourth-order valence-corrected chi connectivity index (χ4v) is 3.57. The fraction of sp³-hybridized carbons (Fsp3) is 0. The summed E-state index contributed by atoms with van der Waals surface area (Å²) in [6.45, 7) is 0. The number of carbonyl (C=O) groups is 1. The van der Waals surface area contributed by atoms with Gasteiger partial charge in [-0.05, 0) is 42.5 Å². The van der Waals surface area contributed by atoms with E-state index in [4.69, 9.17) is 11.6 Å². The van der Waals surface area contributed by atoms with E-state index in [1.54, 1.807) is 18.5 Å². The molecule has 0 atom stereocenters. The molecule has 0 bridgehead atoms. The van der Waals surface area contributed by atoms with Crippen LogP contribution < -0.4 is 10.0 Å². The lowest BCUT2D eigenvalue weighted by molar-refractivity contribution is 0.102. The monoisotopic (exact) mass is 429 g/mol.